The van der Waals surface area contributed by atoms with Crippen molar-refractivity contribution in [2.45, 2.75) is 6.18 Å². The van der Waals surface area contributed by atoms with Gasteiger partial charge in [-0.05, 0) is 18.2 Å². The maximum absolute atomic E-state index is 13.1. The molecule has 0 fully saturated rings. The zero-order valence-electron chi connectivity index (χ0n) is 11.0. The first-order valence-electron chi connectivity index (χ1n) is 6.19. The van der Waals surface area contributed by atoms with Crippen molar-refractivity contribution in [2.24, 2.45) is 0 Å². The van der Waals surface area contributed by atoms with Gasteiger partial charge in [0, 0.05) is 5.56 Å². The fourth-order valence-electron chi connectivity index (χ4n) is 2.14. The van der Waals surface area contributed by atoms with E-state index in [1.807, 2.05) is 0 Å². The van der Waals surface area contributed by atoms with Crippen LogP contribution in [0.25, 0.3) is 22.3 Å². The van der Waals surface area contributed by atoms with Crippen LogP contribution in [0.4, 0.5) is 19.1 Å². The van der Waals surface area contributed by atoms with Crippen molar-refractivity contribution >= 4 is 17.0 Å². The number of H-pyrrole nitrogens is 1. The second kappa shape index (κ2) is 4.83. The van der Waals surface area contributed by atoms with Gasteiger partial charge in [0.1, 0.15) is 0 Å². The number of nitrogens with one attached hydrogen (secondary N) is 1. The van der Waals surface area contributed by atoms with Crippen LogP contribution in [-0.2, 0) is 6.18 Å². The lowest BCUT2D eigenvalue weighted by molar-refractivity contribution is -0.137. The van der Waals surface area contributed by atoms with E-state index in [1.165, 1.54) is 30.3 Å². The molecule has 0 saturated carbocycles. The van der Waals surface area contributed by atoms with Gasteiger partial charge < -0.3 is 5.73 Å². The molecule has 3 N–H and O–H groups in total. The molecule has 2 aromatic heterocycles. The molecule has 0 bridgehead atoms. The number of anilines is 1. The maximum atomic E-state index is 13.1. The summed E-state index contributed by atoms with van der Waals surface area (Å²) in [6.45, 7) is 0. The largest absolute Gasteiger partial charge is 0.417 e. The lowest BCUT2D eigenvalue weighted by Crippen LogP contribution is -2.12. The summed E-state index contributed by atoms with van der Waals surface area (Å²) < 4.78 is 39.2. The van der Waals surface area contributed by atoms with Gasteiger partial charge in [-0.1, -0.05) is 18.2 Å². The van der Waals surface area contributed by atoms with Crippen molar-refractivity contribution in [2.75, 3.05) is 5.73 Å². The minimum absolute atomic E-state index is 0.00396. The SMILES string of the molecule is Nc1nc2nc(-c3ccccc3C(F)(F)F)ccc2c(=O)[nH]1. The Hall–Kier alpha value is -2.90. The average molecular weight is 306 g/mol. The second-order valence-corrected chi connectivity index (χ2v) is 4.56. The minimum atomic E-state index is -4.51. The number of pyridine rings is 1. The molecule has 1 aromatic carbocycles. The van der Waals surface area contributed by atoms with E-state index in [0.717, 1.165) is 6.07 Å². The number of halogens is 3. The molecule has 0 aliphatic carbocycles. The number of alkyl halides is 3. The van der Waals surface area contributed by atoms with Crippen molar-refractivity contribution in [3.8, 4) is 11.3 Å². The highest BCUT2D eigenvalue weighted by Gasteiger charge is 2.33. The highest BCUT2D eigenvalue weighted by atomic mass is 19.4. The number of nitrogens with zero attached hydrogens (tertiary/aromatic N) is 2. The predicted molar refractivity (Wildman–Crippen MR) is 75.0 cm³/mol. The molecule has 22 heavy (non-hydrogen) atoms. The Labute approximate surface area is 121 Å². The van der Waals surface area contributed by atoms with Crippen LogP contribution in [0.1, 0.15) is 5.56 Å². The Morgan fingerprint density at radius 2 is 1.77 bits per heavy atom. The van der Waals surface area contributed by atoms with Crippen molar-refractivity contribution in [3.05, 3.63) is 52.3 Å². The number of hydrogen-bond acceptors (Lipinski definition) is 4. The van der Waals surface area contributed by atoms with Gasteiger partial charge in [-0.2, -0.15) is 18.2 Å². The topological polar surface area (TPSA) is 84.7 Å². The quantitative estimate of drug-likeness (QED) is 0.723. The molecule has 0 radical (unpaired) electrons. The van der Waals surface area contributed by atoms with Crippen LogP contribution in [0.2, 0.25) is 0 Å². The predicted octanol–water partition coefficient (Wildman–Crippen LogP) is 2.59. The lowest BCUT2D eigenvalue weighted by Gasteiger charge is -2.12. The Morgan fingerprint density at radius 3 is 2.50 bits per heavy atom. The molecule has 3 rings (SSSR count). The number of benzene rings is 1. The first-order valence-corrected chi connectivity index (χ1v) is 6.19. The van der Waals surface area contributed by atoms with Crippen LogP contribution in [-0.4, -0.2) is 15.0 Å². The molecule has 0 saturated heterocycles. The summed E-state index contributed by atoms with van der Waals surface area (Å²) in [5, 5.41) is 0.155. The maximum Gasteiger partial charge on any atom is 0.417 e. The third-order valence-corrected chi connectivity index (χ3v) is 3.10. The molecule has 0 amide bonds. The zero-order valence-corrected chi connectivity index (χ0v) is 11.0. The molecule has 5 nitrogen and oxygen atoms in total. The van der Waals surface area contributed by atoms with Gasteiger partial charge in [0.2, 0.25) is 5.95 Å². The van der Waals surface area contributed by atoms with Crippen molar-refractivity contribution < 1.29 is 13.2 Å². The highest BCUT2D eigenvalue weighted by molar-refractivity contribution is 5.78. The van der Waals surface area contributed by atoms with Gasteiger partial charge in [-0.3, -0.25) is 9.78 Å². The summed E-state index contributed by atoms with van der Waals surface area (Å²) in [6.07, 6.45) is -4.51. The van der Waals surface area contributed by atoms with Crippen LogP contribution in [0, 0.1) is 0 Å². The first-order chi connectivity index (χ1) is 10.4. The number of hydrogen-bond donors (Lipinski definition) is 2. The van der Waals surface area contributed by atoms with Crippen molar-refractivity contribution in [1.82, 2.24) is 15.0 Å². The van der Waals surface area contributed by atoms with Gasteiger partial charge in [-0.15, -0.1) is 0 Å². The molecular weight excluding hydrogens is 297 g/mol. The molecule has 3 aromatic rings. The summed E-state index contributed by atoms with van der Waals surface area (Å²) in [5.74, 6) is -0.147. The standard InChI is InChI=1S/C14H9F3N4O/c15-14(16,17)9-4-2-1-3-7(9)10-6-5-8-11(19-10)20-13(18)21-12(8)22/h1-6H,(H3,18,19,20,21,22). The summed E-state index contributed by atoms with van der Waals surface area (Å²) >= 11 is 0. The van der Waals surface area contributed by atoms with Gasteiger partial charge >= 0.3 is 6.18 Å². The van der Waals surface area contributed by atoms with Gasteiger partial charge in [0.25, 0.3) is 5.56 Å². The molecule has 0 atom stereocenters. The summed E-state index contributed by atoms with van der Waals surface area (Å²) in [7, 11) is 0. The number of rotatable bonds is 1. The minimum Gasteiger partial charge on any atom is -0.369 e. The number of fused-ring (bicyclic) bond motifs is 1. The van der Waals surface area contributed by atoms with E-state index in [2.05, 4.69) is 15.0 Å². The summed E-state index contributed by atoms with van der Waals surface area (Å²) in [4.78, 5) is 21.9. The molecule has 8 heteroatoms. The lowest BCUT2D eigenvalue weighted by atomic mass is 10.0. The third-order valence-electron chi connectivity index (χ3n) is 3.10. The molecular formula is C14H9F3N4O. The van der Waals surface area contributed by atoms with Crippen LogP contribution in [0.15, 0.2) is 41.2 Å². The molecule has 112 valence electrons. The number of nitrogen functional groups attached to an aromatic ring is 1. The molecule has 0 aliphatic heterocycles. The highest BCUT2D eigenvalue weighted by Crippen LogP contribution is 2.36. The van der Waals surface area contributed by atoms with Crippen LogP contribution < -0.4 is 11.3 Å². The summed E-state index contributed by atoms with van der Waals surface area (Å²) in [6, 6.07) is 7.79. The second-order valence-electron chi connectivity index (χ2n) is 4.56. The normalized spacial score (nSPS) is 11.8. The fourth-order valence-corrected chi connectivity index (χ4v) is 2.14. The smallest absolute Gasteiger partial charge is 0.369 e. The molecule has 0 aliphatic rings. The summed E-state index contributed by atoms with van der Waals surface area (Å²) in [5.41, 5.74) is 4.10. The van der Waals surface area contributed by atoms with E-state index in [4.69, 9.17) is 5.73 Å². The van der Waals surface area contributed by atoms with Crippen molar-refractivity contribution in [1.29, 1.82) is 0 Å². The van der Waals surface area contributed by atoms with E-state index in [1.54, 1.807) is 0 Å². The Bertz CT molecular complexity index is 918. The van der Waals surface area contributed by atoms with Gasteiger partial charge in [0.05, 0.1) is 16.6 Å². The first kappa shape index (κ1) is 14.1. The Kier molecular flexibility index (Phi) is 3.09. The third kappa shape index (κ3) is 2.39. The Morgan fingerprint density at radius 1 is 1.05 bits per heavy atom. The van der Waals surface area contributed by atoms with E-state index in [9.17, 15) is 18.0 Å². The Balaban J connectivity index is 2.26. The molecule has 2 heterocycles. The van der Waals surface area contributed by atoms with Gasteiger partial charge in [-0.25, -0.2) is 4.98 Å². The van der Waals surface area contributed by atoms with E-state index < -0.39 is 17.3 Å². The number of aromatic nitrogens is 3. The van der Waals surface area contributed by atoms with Crippen LogP contribution in [0.5, 0.6) is 0 Å². The average Bonchev–Trinajstić information content (AvgIpc) is 2.45. The van der Waals surface area contributed by atoms with Gasteiger partial charge in [0.15, 0.2) is 5.65 Å². The number of nitrogens with two attached hydrogens (primary N) is 1. The van der Waals surface area contributed by atoms with E-state index in [-0.39, 0.29) is 28.2 Å². The van der Waals surface area contributed by atoms with Crippen molar-refractivity contribution in [3.63, 3.8) is 0 Å². The molecule has 0 spiro atoms. The van der Waals surface area contributed by atoms with Crippen LogP contribution in [0.3, 0.4) is 0 Å². The number of aromatic amines is 1. The monoisotopic (exact) mass is 306 g/mol. The zero-order chi connectivity index (χ0) is 15.9. The van der Waals surface area contributed by atoms with E-state index >= 15 is 0 Å². The van der Waals surface area contributed by atoms with Crippen LogP contribution >= 0.6 is 0 Å². The van der Waals surface area contributed by atoms with E-state index in [0.29, 0.717) is 0 Å². The molecule has 0 unspecified atom stereocenters. The fraction of sp³-hybridized carbons (Fsp3) is 0.0714.